The van der Waals surface area contributed by atoms with Gasteiger partial charge in [-0.15, -0.1) is 11.3 Å². The topological polar surface area (TPSA) is 59.4 Å². The van der Waals surface area contributed by atoms with Crippen molar-refractivity contribution in [2.75, 3.05) is 6.61 Å². The van der Waals surface area contributed by atoms with Crippen molar-refractivity contribution in [2.45, 2.75) is 38.7 Å². The predicted octanol–water partition coefficient (Wildman–Crippen LogP) is 2.82. The quantitative estimate of drug-likeness (QED) is 0.884. The van der Waals surface area contributed by atoms with Crippen LogP contribution in [0.5, 0.6) is 0 Å². The van der Waals surface area contributed by atoms with E-state index in [1.54, 1.807) is 0 Å². The van der Waals surface area contributed by atoms with Crippen LogP contribution in [0, 0.1) is 0 Å². The van der Waals surface area contributed by atoms with Gasteiger partial charge in [-0.25, -0.2) is 9.78 Å². The molecule has 0 spiro atoms. The molecule has 5 heteroatoms. The Hall–Kier alpha value is -0.940. The molecule has 4 nitrogen and oxygen atoms in total. The number of aromatic carboxylic acids is 1. The summed E-state index contributed by atoms with van der Waals surface area (Å²) in [5.74, 6) is -0.631. The summed E-state index contributed by atoms with van der Waals surface area (Å²) in [4.78, 5) is 15.9. The Balaban J connectivity index is 2.37. The third-order valence-corrected chi connectivity index (χ3v) is 3.95. The van der Waals surface area contributed by atoms with Crippen LogP contribution in [0.25, 0.3) is 0 Å². The molecule has 0 aliphatic carbocycles. The number of carboxylic acids is 1. The fourth-order valence-corrected chi connectivity index (χ4v) is 2.72. The fraction of sp³-hybridized carbons (Fsp3) is 0.636. The first kappa shape index (κ1) is 11.5. The van der Waals surface area contributed by atoms with Crippen LogP contribution in [0.3, 0.4) is 0 Å². The van der Waals surface area contributed by atoms with Crippen LogP contribution < -0.4 is 0 Å². The van der Waals surface area contributed by atoms with Gasteiger partial charge in [0.25, 0.3) is 0 Å². The molecule has 0 saturated carbocycles. The second-order valence-corrected chi connectivity index (χ2v) is 5.26. The lowest BCUT2D eigenvalue weighted by Gasteiger charge is -2.06. The summed E-state index contributed by atoms with van der Waals surface area (Å²) < 4.78 is 5.50. The van der Waals surface area contributed by atoms with E-state index in [0.29, 0.717) is 17.2 Å². The Morgan fingerprint density at radius 3 is 2.88 bits per heavy atom. The highest BCUT2D eigenvalue weighted by atomic mass is 32.1. The normalized spacial score (nSPS) is 20.6. The van der Waals surface area contributed by atoms with Crippen molar-refractivity contribution in [1.82, 2.24) is 4.98 Å². The minimum absolute atomic E-state index is 0.116. The summed E-state index contributed by atoms with van der Waals surface area (Å²) in [5, 5.41) is 10.0. The number of thiazole rings is 1. The maximum Gasteiger partial charge on any atom is 0.347 e. The van der Waals surface area contributed by atoms with Crippen molar-refractivity contribution in [1.29, 1.82) is 0 Å². The Labute approximate surface area is 98.3 Å². The molecule has 2 heterocycles. The fourth-order valence-electron chi connectivity index (χ4n) is 1.76. The molecule has 88 valence electrons. The summed E-state index contributed by atoms with van der Waals surface area (Å²) in [6.07, 6.45) is 1.75. The maximum atomic E-state index is 11.1. The molecule has 16 heavy (non-hydrogen) atoms. The summed E-state index contributed by atoms with van der Waals surface area (Å²) in [7, 11) is 0. The van der Waals surface area contributed by atoms with E-state index < -0.39 is 5.97 Å². The van der Waals surface area contributed by atoms with E-state index in [1.807, 2.05) is 13.8 Å². The first-order valence-electron chi connectivity index (χ1n) is 5.45. The second-order valence-electron chi connectivity index (χ2n) is 4.23. The van der Waals surface area contributed by atoms with Gasteiger partial charge in [0, 0.05) is 12.5 Å². The van der Waals surface area contributed by atoms with E-state index in [9.17, 15) is 4.79 Å². The minimum atomic E-state index is -0.894. The van der Waals surface area contributed by atoms with Gasteiger partial charge in [0.2, 0.25) is 0 Å². The van der Waals surface area contributed by atoms with Crippen LogP contribution in [0.2, 0.25) is 0 Å². The SMILES string of the molecule is CC(C)c1nc(C2CCCO2)c(C(=O)O)s1. The zero-order chi connectivity index (χ0) is 11.7. The van der Waals surface area contributed by atoms with E-state index in [1.165, 1.54) is 11.3 Å². The molecule has 0 amide bonds. The van der Waals surface area contributed by atoms with Crippen LogP contribution in [-0.2, 0) is 4.74 Å². The second kappa shape index (κ2) is 4.51. The maximum absolute atomic E-state index is 11.1. The summed E-state index contributed by atoms with van der Waals surface area (Å²) in [5.41, 5.74) is 0.624. The van der Waals surface area contributed by atoms with Gasteiger partial charge in [-0.3, -0.25) is 0 Å². The van der Waals surface area contributed by atoms with Gasteiger partial charge >= 0.3 is 5.97 Å². The van der Waals surface area contributed by atoms with Gasteiger partial charge in [0.1, 0.15) is 11.0 Å². The van der Waals surface area contributed by atoms with Gasteiger partial charge in [-0.1, -0.05) is 13.8 Å². The Morgan fingerprint density at radius 2 is 2.38 bits per heavy atom. The van der Waals surface area contributed by atoms with Crippen LogP contribution in [0.15, 0.2) is 0 Å². The lowest BCUT2D eigenvalue weighted by molar-refractivity contribution is 0.0686. The molecule has 1 aliphatic heterocycles. The van der Waals surface area contributed by atoms with Gasteiger partial charge in [0.15, 0.2) is 0 Å². The number of ether oxygens (including phenoxy) is 1. The van der Waals surface area contributed by atoms with E-state index in [2.05, 4.69) is 4.98 Å². The van der Waals surface area contributed by atoms with Crippen molar-refractivity contribution in [3.63, 3.8) is 0 Å². The van der Waals surface area contributed by atoms with Crippen LogP contribution in [0.1, 0.15) is 59.1 Å². The Kier molecular flexibility index (Phi) is 3.25. The first-order chi connectivity index (χ1) is 7.59. The number of nitrogens with zero attached hydrogens (tertiary/aromatic N) is 1. The summed E-state index contributed by atoms with van der Waals surface area (Å²) in [6, 6.07) is 0. The molecule has 1 aromatic heterocycles. The number of carbonyl (C=O) groups is 1. The molecule has 0 radical (unpaired) electrons. The minimum Gasteiger partial charge on any atom is -0.477 e. The zero-order valence-corrected chi connectivity index (χ0v) is 10.2. The third-order valence-electron chi connectivity index (χ3n) is 2.59. The third kappa shape index (κ3) is 2.10. The highest BCUT2D eigenvalue weighted by Crippen LogP contribution is 2.34. The highest BCUT2D eigenvalue weighted by Gasteiger charge is 2.28. The molecule has 1 unspecified atom stereocenters. The van der Waals surface area contributed by atoms with E-state index in [4.69, 9.17) is 9.84 Å². The van der Waals surface area contributed by atoms with E-state index >= 15 is 0 Å². The van der Waals surface area contributed by atoms with Gasteiger partial charge in [-0.05, 0) is 12.8 Å². The number of hydrogen-bond acceptors (Lipinski definition) is 4. The monoisotopic (exact) mass is 241 g/mol. The van der Waals surface area contributed by atoms with Crippen molar-refractivity contribution in [3.8, 4) is 0 Å². The van der Waals surface area contributed by atoms with Gasteiger partial charge < -0.3 is 9.84 Å². The Morgan fingerprint density at radius 1 is 1.62 bits per heavy atom. The van der Waals surface area contributed by atoms with Crippen LogP contribution in [0.4, 0.5) is 0 Å². The van der Waals surface area contributed by atoms with Crippen LogP contribution in [-0.4, -0.2) is 22.7 Å². The lowest BCUT2D eigenvalue weighted by Crippen LogP contribution is -2.04. The molecule has 1 saturated heterocycles. The molecule has 0 bridgehead atoms. The number of aromatic nitrogens is 1. The van der Waals surface area contributed by atoms with E-state index in [-0.39, 0.29) is 12.0 Å². The van der Waals surface area contributed by atoms with Crippen molar-refractivity contribution >= 4 is 17.3 Å². The first-order valence-corrected chi connectivity index (χ1v) is 6.26. The average Bonchev–Trinajstić information content (AvgIpc) is 2.86. The molecule has 1 N–H and O–H groups in total. The molecule has 1 aromatic rings. The predicted molar refractivity (Wildman–Crippen MR) is 61.1 cm³/mol. The smallest absolute Gasteiger partial charge is 0.347 e. The number of rotatable bonds is 3. The van der Waals surface area contributed by atoms with Gasteiger partial charge in [0.05, 0.1) is 10.7 Å². The number of hydrogen-bond donors (Lipinski definition) is 1. The van der Waals surface area contributed by atoms with Crippen LogP contribution >= 0.6 is 11.3 Å². The highest BCUT2D eigenvalue weighted by molar-refractivity contribution is 7.13. The van der Waals surface area contributed by atoms with Crippen molar-refractivity contribution in [2.24, 2.45) is 0 Å². The van der Waals surface area contributed by atoms with Gasteiger partial charge in [-0.2, -0.15) is 0 Å². The molecular formula is C11H15NO3S. The lowest BCUT2D eigenvalue weighted by atomic mass is 10.1. The molecule has 1 atom stereocenters. The van der Waals surface area contributed by atoms with E-state index in [0.717, 1.165) is 17.8 Å². The molecule has 1 fully saturated rings. The standard InChI is InChI=1S/C11H15NO3S/c1-6(2)10-12-8(7-4-3-5-15-7)9(16-10)11(13)14/h6-7H,3-5H2,1-2H3,(H,13,14). The Bertz CT molecular complexity index is 394. The molecule has 0 aromatic carbocycles. The summed E-state index contributed by atoms with van der Waals surface area (Å²) in [6.45, 7) is 4.74. The average molecular weight is 241 g/mol. The largest absolute Gasteiger partial charge is 0.477 e. The zero-order valence-electron chi connectivity index (χ0n) is 9.40. The number of carboxylic acid groups (broad SMARTS) is 1. The van der Waals surface area contributed by atoms with Crippen molar-refractivity contribution < 1.29 is 14.6 Å². The molecular weight excluding hydrogens is 226 g/mol. The summed E-state index contributed by atoms with van der Waals surface area (Å²) >= 11 is 1.27. The molecule has 2 rings (SSSR count). The van der Waals surface area contributed by atoms with Crippen molar-refractivity contribution in [3.05, 3.63) is 15.6 Å². The molecule has 1 aliphatic rings.